The van der Waals surface area contributed by atoms with Crippen LogP contribution in [0.15, 0.2) is 60.7 Å². The largest absolute Gasteiger partial charge is 0.491 e. The molecule has 0 saturated heterocycles. The lowest BCUT2D eigenvalue weighted by molar-refractivity contribution is -0.127. The smallest absolute Gasteiger partial charge is 0.256 e. The Balaban J connectivity index is 1.76. The molecule has 3 aromatic rings. The van der Waals surface area contributed by atoms with E-state index in [0.29, 0.717) is 24.6 Å². The maximum absolute atomic E-state index is 13.2. The molecule has 0 fully saturated rings. The van der Waals surface area contributed by atoms with E-state index in [1.54, 1.807) is 21.3 Å². The molecule has 178 valence electrons. The van der Waals surface area contributed by atoms with E-state index in [1.165, 1.54) is 5.56 Å². The van der Waals surface area contributed by atoms with Crippen LogP contribution in [0.25, 0.3) is 0 Å². The number of nitrogens with zero attached hydrogens (tertiary/aromatic N) is 2. The summed E-state index contributed by atoms with van der Waals surface area (Å²) in [4.78, 5) is 20.2. The summed E-state index contributed by atoms with van der Waals surface area (Å²) in [5.41, 5.74) is 4.22. The lowest BCUT2D eigenvalue weighted by Gasteiger charge is -2.41. The SMILES string of the molecule is CNC(=O)[C@@H](c1ccccc1)N1CCc2nc(OC)c(OC)cc2[C@@H]1CCc1ccc(Cl)cc1. The highest BCUT2D eigenvalue weighted by Gasteiger charge is 2.37. The molecular weight excluding hydrogens is 450 g/mol. The summed E-state index contributed by atoms with van der Waals surface area (Å²) in [5.74, 6) is 1.05. The third kappa shape index (κ3) is 5.03. The Morgan fingerprint density at radius 3 is 2.53 bits per heavy atom. The van der Waals surface area contributed by atoms with Crippen LogP contribution in [0, 0.1) is 0 Å². The number of likely N-dealkylation sites (N-methyl/N-ethyl adjacent to an activating group) is 1. The minimum absolute atomic E-state index is 0.0282. The Bertz CT molecular complexity index is 1120. The molecule has 0 radical (unpaired) electrons. The normalized spacial score (nSPS) is 16.4. The zero-order valence-corrected chi connectivity index (χ0v) is 20.5. The predicted molar refractivity (Wildman–Crippen MR) is 134 cm³/mol. The first-order valence-corrected chi connectivity index (χ1v) is 11.8. The van der Waals surface area contributed by atoms with E-state index in [9.17, 15) is 4.79 Å². The van der Waals surface area contributed by atoms with Gasteiger partial charge in [-0.05, 0) is 47.7 Å². The van der Waals surface area contributed by atoms with Gasteiger partial charge in [0, 0.05) is 31.1 Å². The average molecular weight is 480 g/mol. The molecule has 0 spiro atoms. The second-order valence-electron chi connectivity index (χ2n) is 8.33. The zero-order valence-electron chi connectivity index (χ0n) is 19.8. The number of aryl methyl sites for hydroxylation is 1. The number of hydrogen-bond acceptors (Lipinski definition) is 5. The van der Waals surface area contributed by atoms with E-state index in [4.69, 9.17) is 26.1 Å². The van der Waals surface area contributed by atoms with E-state index < -0.39 is 6.04 Å². The van der Waals surface area contributed by atoms with Crippen molar-refractivity contribution in [3.63, 3.8) is 0 Å². The molecule has 2 aromatic carbocycles. The minimum atomic E-state index is -0.414. The van der Waals surface area contributed by atoms with Crippen molar-refractivity contribution in [3.05, 3.63) is 88.1 Å². The highest BCUT2D eigenvalue weighted by Crippen LogP contribution is 2.41. The Morgan fingerprint density at radius 1 is 1.15 bits per heavy atom. The van der Waals surface area contributed by atoms with Gasteiger partial charge in [-0.2, -0.15) is 0 Å². The van der Waals surface area contributed by atoms with E-state index in [0.717, 1.165) is 34.7 Å². The van der Waals surface area contributed by atoms with Crippen LogP contribution in [0.3, 0.4) is 0 Å². The predicted octanol–water partition coefficient (Wildman–Crippen LogP) is 4.77. The van der Waals surface area contributed by atoms with E-state index >= 15 is 0 Å². The quantitative estimate of drug-likeness (QED) is 0.504. The van der Waals surface area contributed by atoms with Gasteiger partial charge in [0.1, 0.15) is 6.04 Å². The maximum Gasteiger partial charge on any atom is 0.256 e. The Kier molecular flexibility index (Phi) is 7.70. The molecule has 1 aliphatic rings. The number of aromatic nitrogens is 1. The number of ether oxygens (including phenoxy) is 2. The molecule has 2 heterocycles. The van der Waals surface area contributed by atoms with Gasteiger partial charge >= 0.3 is 0 Å². The van der Waals surface area contributed by atoms with E-state index in [-0.39, 0.29) is 11.9 Å². The number of rotatable bonds is 8. The van der Waals surface area contributed by atoms with Gasteiger partial charge in [-0.25, -0.2) is 4.98 Å². The van der Waals surface area contributed by atoms with Gasteiger partial charge in [0.25, 0.3) is 5.88 Å². The summed E-state index contributed by atoms with van der Waals surface area (Å²) in [6.07, 6.45) is 2.36. The number of amides is 1. The summed E-state index contributed by atoms with van der Waals surface area (Å²) >= 11 is 6.09. The van der Waals surface area contributed by atoms with Crippen LogP contribution in [0.4, 0.5) is 0 Å². The summed E-state index contributed by atoms with van der Waals surface area (Å²) in [6, 6.07) is 19.4. The molecule has 1 amide bonds. The van der Waals surface area contributed by atoms with Crippen LogP contribution in [0.5, 0.6) is 11.6 Å². The van der Waals surface area contributed by atoms with Gasteiger partial charge < -0.3 is 14.8 Å². The molecule has 34 heavy (non-hydrogen) atoms. The molecule has 1 N–H and O–H groups in total. The molecule has 4 rings (SSSR count). The maximum atomic E-state index is 13.2. The Labute approximate surface area is 205 Å². The van der Waals surface area contributed by atoms with Crippen LogP contribution < -0.4 is 14.8 Å². The second kappa shape index (κ2) is 10.9. The van der Waals surface area contributed by atoms with Crippen molar-refractivity contribution in [2.24, 2.45) is 0 Å². The first-order chi connectivity index (χ1) is 16.5. The summed E-state index contributed by atoms with van der Waals surface area (Å²) in [5, 5.41) is 3.59. The van der Waals surface area contributed by atoms with Gasteiger partial charge in [0.15, 0.2) is 5.75 Å². The molecular formula is C27H30ClN3O3. The summed E-state index contributed by atoms with van der Waals surface area (Å²) in [7, 11) is 4.91. The van der Waals surface area contributed by atoms with E-state index in [2.05, 4.69) is 22.3 Å². The van der Waals surface area contributed by atoms with Crippen molar-refractivity contribution in [2.45, 2.75) is 31.3 Å². The third-order valence-corrected chi connectivity index (χ3v) is 6.66. The van der Waals surface area contributed by atoms with E-state index in [1.807, 2.05) is 48.5 Å². The Morgan fingerprint density at radius 2 is 1.88 bits per heavy atom. The lowest BCUT2D eigenvalue weighted by atomic mass is 9.88. The molecule has 7 heteroatoms. The number of carbonyl (C=O) groups excluding carboxylic acids is 1. The fourth-order valence-electron chi connectivity index (χ4n) is 4.73. The minimum Gasteiger partial charge on any atom is -0.491 e. The van der Waals surface area contributed by atoms with Crippen molar-refractivity contribution in [2.75, 3.05) is 27.8 Å². The molecule has 1 aliphatic heterocycles. The van der Waals surface area contributed by atoms with Crippen molar-refractivity contribution < 1.29 is 14.3 Å². The van der Waals surface area contributed by atoms with Gasteiger partial charge in [-0.15, -0.1) is 0 Å². The molecule has 0 saturated carbocycles. The monoisotopic (exact) mass is 479 g/mol. The zero-order chi connectivity index (χ0) is 24.1. The van der Waals surface area contributed by atoms with Gasteiger partial charge in [0.2, 0.25) is 5.91 Å². The number of hydrogen-bond donors (Lipinski definition) is 1. The highest BCUT2D eigenvalue weighted by atomic mass is 35.5. The van der Waals surface area contributed by atoms with Crippen molar-refractivity contribution in [3.8, 4) is 11.6 Å². The number of halogens is 1. The molecule has 0 bridgehead atoms. The van der Waals surface area contributed by atoms with Crippen LogP contribution in [-0.4, -0.2) is 43.6 Å². The molecule has 6 nitrogen and oxygen atoms in total. The lowest BCUT2D eigenvalue weighted by Crippen LogP contribution is -2.45. The van der Waals surface area contributed by atoms with Crippen LogP contribution in [-0.2, 0) is 17.6 Å². The fourth-order valence-corrected chi connectivity index (χ4v) is 4.86. The fraction of sp³-hybridized carbons (Fsp3) is 0.333. The van der Waals surface area contributed by atoms with Crippen LogP contribution >= 0.6 is 11.6 Å². The van der Waals surface area contributed by atoms with Crippen molar-refractivity contribution in [1.82, 2.24) is 15.2 Å². The summed E-state index contributed by atoms with van der Waals surface area (Å²) < 4.78 is 11.0. The standard InChI is InChI=1S/C27H30ClN3O3/c1-29-26(32)25(19-7-5-4-6-8-19)31-16-15-22-21(17-24(33-2)27(30-22)34-3)23(31)14-11-18-9-12-20(28)13-10-18/h4-10,12-13,17,23,25H,11,14-16H2,1-3H3,(H,29,32)/t23-,25+/m0/s1. The number of benzene rings is 2. The number of fused-ring (bicyclic) bond motifs is 1. The van der Waals surface area contributed by atoms with Crippen LogP contribution in [0.2, 0.25) is 5.02 Å². The van der Waals surface area contributed by atoms with Gasteiger partial charge in [-0.3, -0.25) is 9.69 Å². The third-order valence-electron chi connectivity index (χ3n) is 6.41. The highest BCUT2D eigenvalue weighted by molar-refractivity contribution is 6.30. The first-order valence-electron chi connectivity index (χ1n) is 11.4. The average Bonchev–Trinajstić information content (AvgIpc) is 2.88. The molecule has 2 atom stereocenters. The number of nitrogens with one attached hydrogen (secondary N) is 1. The number of methoxy groups -OCH3 is 2. The van der Waals surface area contributed by atoms with Crippen molar-refractivity contribution >= 4 is 17.5 Å². The molecule has 0 aliphatic carbocycles. The molecule has 1 aromatic heterocycles. The number of pyridine rings is 1. The Hall–Kier alpha value is -3.09. The van der Waals surface area contributed by atoms with Crippen LogP contribution in [0.1, 0.15) is 40.9 Å². The number of carbonyl (C=O) groups is 1. The van der Waals surface area contributed by atoms with Gasteiger partial charge in [0.05, 0.1) is 19.9 Å². The second-order valence-corrected chi connectivity index (χ2v) is 8.77. The summed E-state index contributed by atoms with van der Waals surface area (Å²) in [6.45, 7) is 0.702. The topological polar surface area (TPSA) is 63.7 Å². The van der Waals surface area contributed by atoms with Crippen molar-refractivity contribution in [1.29, 1.82) is 0 Å². The first kappa shape index (κ1) is 24.0. The van der Waals surface area contributed by atoms with Gasteiger partial charge in [-0.1, -0.05) is 54.1 Å². The molecule has 0 unspecified atom stereocenters.